The zero-order valence-electron chi connectivity index (χ0n) is 12.5. The molecule has 2 nitrogen and oxygen atoms in total. The van der Waals surface area contributed by atoms with Crippen LogP contribution in [0.4, 0.5) is 4.39 Å². The van der Waals surface area contributed by atoms with Crippen LogP contribution in [0, 0.1) is 11.7 Å². The van der Waals surface area contributed by atoms with Crippen molar-refractivity contribution >= 4 is 0 Å². The topological polar surface area (TPSA) is 35.2 Å². The second-order valence-electron chi connectivity index (χ2n) is 7.01. The van der Waals surface area contributed by atoms with Crippen LogP contribution in [-0.2, 0) is 10.3 Å². The number of rotatable bonds is 2. The highest BCUT2D eigenvalue weighted by Crippen LogP contribution is 2.49. The third-order valence-electron chi connectivity index (χ3n) is 4.26. The van der Waals surface area contributed by atoms with Crippen LogP contribution in [0.5, 0.6) is 0 Å². The first-order valence-corrected chi connectivity index (χ1v) is 6.80. The van der Waals surface area contributed by atoms with Gasteiger partial charge in [-0.2, -0.15) is 0 Å². The third-order valence-corrected chi connectivity index (χ3v) is 4.26. The molecule has 0 aliphatic carbocycles. The minimum atomic E-state index is -0.537. The quantitative estimate of drug-likeness (QED) is 0.887. The van der Waals surface area contributed by atoms with E-state index in [9.17, 15) is 4.39 Å². The SMILES string of the molecule is CC1(C)CC(C(C)(N)c2ccc(F)cc2)C(C)(C)O1. The molecule has 0 bridgehead atoms. The van der Waals surface area contributed by atoms with E-state index in [1.54, 1.807) is 12.1 Å². The monoisotopic (exact) mass is 265 g/mol. The summed E-state index contributed by atoms with van der Waals surface area (Å²) >= 11 is 0. The first kappa shape index (κ1) is 14.5. The number of hydrogen-bond donors (Lipinski definition) is 1. The molecule has 2 unspecified atom stereocenters. The summed E-state index contributed by atoms with van der Waals surface area (Å²) in [6.45, 7) is 10.4. The molecular formula is C16H24FNO. The molecule has 1 aliphatic heterocycles. The molecule has 1 fully saturated rings. The maximum Gasteiger partial charge on any atom is 0.123 e. The zero-order valence-corrected chi connectivity index (χ0v) is 12.5. The molecule has 0 radical (unpaired) electrons. The minimum Gasteiger partial charge on any atom is -0.369 e. The largest absolute Gasteiger partial charge is 0.369 e. The Bertz CT molecular complexity index is 462. The van der Waals surface area contributed by atoms with Gasteiger partial charge in [0.2, 0.25) is 0 Å². The fourth-order valence-corrected chi connectivity index (χ4v) is 3.51. The lowest BCUT2D eigenvalue weighted by atomic mass is 9.70. The van der Waals surface area contributed by atoms with Crippen molar-refractivity contribution in [3.63, 3.8) is 0 Å². The molecule has 2 atom stereocenters. The van der Waals surface area contributed by atoms with E-state index in [-0.39, 0.29) is 22.9 Å². The van der Waals surface area contributed by atoms with Crippen LogP contribution in [0.1, 0.15) is 46.6 Å². The fourth-order valence-electron chi connectivity index (χ4n) is 3.51. The standard InChI is InChI=1S/C16H24FNO/c1-14(2)10-13(15(3,4)19-14)16(5,18)11-6-8-12(17)9-7-11/h6-9,13H,10,18H2,1-5H3. The second kappa shape index (κ2) is 4.29. The van der Waals surface area contributed by atoms with Crippen LogP contribution in [0.3, 0.4) is 0 Å². The molecule has 1 aromatic rings. The number of hydrogen-bond acceptors (Lipinski definition) is 2. The first-order chi connectivity index (χ1) is 8.55. The van der Waals surface area contributed by atoms with Crippen molar-refractivity contribution in [1.29, 1.82) is 0 Å². The Hall–Kier alpha value is -0.930. The van der Waals surface area contributed by atoms with Crippen molar-refractivity contribution in [3.8, 4) is 0 Å². The Morgan fingerprint density at radius 1 is 1.21 bits per heavy atom. The molecule has 2 rings (SSSR count). The summed E-state index contributed by atoms with van der Waals surface area (Å²) in [6.07, 6.45) is 0.893. The molecule has 0 aromatic heterocycles. The van der Waals surface area contributed by atoms with Crippen molar-refractivity contribution in [3.05, 3.63) is 35.6 Å². The summed E-state index contributed by atoms with van der Waals surface area (Å²) in [4.78, 5) is 0. The Balaban J connectivity index is 2.36. The summed E-state index contributed by atoms with van der Waals surface area (Å²) in [6, 6.07) is 6.48. The van der Waals surface area contributed by atoms with Crippen molar-refractivity contribution in [2.75, 3.05) is 0 Å². The molecule has 0 amide bonds. The van der Waals surface area contributed by atoms with E-state index in [0.29, 0.717) is 0 Å². The van der Waals surface area contributed by atoms with Gasteiger partial charge in [0, 0.05) is 11.5 Å². The van der Waals surface area contributed by atoms with E-state index in [1.807, 2.05) is 6.92 Å². The highest BCUT2D eigenvalue weighted by Gasteiger charge is 2.52. The lowest BCUT2D eigenvalue weighted by molar-refractivity contribution is -0.0814. The number of benzene rings is 1. The van der Waals surface area contributed by atoms with Crippen molar-refractivity contribution < 1.29 is 9.13 Å². The molecule has 2 N–H and O–H groups in total. The Morgan fingerprint density at radius 2 is 1.74 bits per heavy atom. The lowest BCUT2D eigenvalue weighted by Gasteiger charge is -2.39. The van der Waals surface area contributed by atoms with Gasteiger partial charge in [-0.1, -0.05) is 12.1 Å². The predicted octanol–water partition coefficient (Wildman–Crippen LogP) is 3.59. The second-order valence-corrected chi connectivity index (χ2v) is 7.01. The van der Waals surface area contributed by atoms with E-state index >= 15 is 0 Å². The van der Waals surface area contributed by atoms with E-state index in [1.165, 1.54) is 12.1 Å². The number of halogens is 1. The smallest absolute Gasteiger partial charge is 0.123 e. The first-order valence-electron chi connectivity index (χ1n) is 6.80. The lowest BCUT2D eigenvalue weighted by Crippen LogP contribution is -2.48. The van der Waals surface area contributed by atoms with Gasteiger partial charge < -0.3 is 10.5 Å². The van der Waals surface area contributed by atoms with Gasteiger partial charge in [0.1, 0.15) is 5.82 Å². The molecule has 1 saturated heterocycles. The molecule has 106 valence electrons. The normalized spacial score (nSPS) is 28.1. The summed E-state index contributed by atoms with van der Waals surface area (Å²) in [5.41, 5.74) is 6.54. The maximum atomic E-state index is 13.1. The minimum absolute atomic E-state index is 0.172. The van der Waals surface area contributed by atoms with Crippen molar-refractivity contribution in [2.45, 2.75) is 57.8 Å². The Labute approximate surface area is 115 Å². The molecule has 19 heavy (non-hydrogen) atoms. The van der Waals surface area contributed by atoms with Gasteiger partial charge in [-0.3, -0.25) is 0 Å². The van der Waals surface area contributed by atoms with E-state index in [2.05, 4.69) is 27.7 Å². The van der Waals surface area contributed by atoms with Crippen molar-refractivity contribution in [2.24, 2.45) is 11.7 Å². The molecule has 1 heterocycles. The van der Waals surface area contributed by atoms with Gasteiger partial charge in [0.15, 0.2) is 0 Å². The highest BCUT2D eigenvalue weighted by atomic mass is 19.1. The van der Waals surface area contributed by atoms with Crippen LogP contribution in [0.15, 0.2) is 24.3 Å². The molecule has 3 heteroatoms. The molecule has 0 spiro atoms. The van der Waals surface area contributed by atoms with Gasteiger partial charge in [0.05, 0.1) is 11.2 Å². The summed E-state index contributed by atoms with van der Waals surface area (Å²) in [7, 11) is 0. The van der Waals surface area contributed by atoms with E-state index in [0.717, 1.165) is 12.0 Å². The van der Waals surface area contributed by atoms with Crippen LogP contribution >= 0.6 is 0 Å². The average molecular weight is 265 g/mol. The highest BCUT2D eigenvalue weighted by molar-refractivity contribution is 5.26. The summed E-state index contributed by atoms with van der Waals surface area (Å²) in [5.74, 6) is -0.0535. The van der Waals surface area contributed by atoms with Crippen LogP contribution in [0.25, 0.3) is 0 Å². The van der Waals surface area contributed by atoms with Gasteiger partial charge in [-0.05, 0) is 58.7 Å². The van der Waals surface area contributed by atoms with Crippen LogP contribution in [-0.4, -0.2) is 11.2 Å². The number of nitrogens with two attached hydrogens (primary N) is 1. The average Bonchev–Trinajstić information content (AvgIpc) is 2.48. The maximum absolute atomic E-state index is 13.1. The summed E-state index contributed by atoms with van der Waals surface area (Å²) in [5, 5.41) is 0. The van der Waals surface area contributed by atoms with Gasteiger partial charge in [0.25, 0.3) is 0 Å². The molecule has 1 aromatic carbocycles. The third kappa shape index (κ3) is 2.67. The Morgan fingerprint density at radius 3 is 2.16 bits per heavy atom. The van der Waals surface area contributed by atoms with Crippen LogP contribution < -0.4 is 5.73 Å². The predicted molar refractivity (Wildman–Crippen MR) is 75.3 cm³/mol. The molecular weight excluding hydrogens is 241 g/mol. The van der Waals surface area contributed by atoms with E-state index < -0.39 is 5.54 Å². The number of ether oxygens (including phenoxy) is 1. The van der Waals surface area contributed by atoms with Gasteiger partial charge in [-0.25, -0.2) is 4.39 Å². The zero-order chi connectivity index (χ0) is 14.5. The van der Waals surface area contributed by atoms with E-state index in [4.69, 9.17) is 10.5 Å². The Kier molecular flexibility index (Phi) is 3.27. The molecule has 1 aliphatic rings. The van der Waals surface area contributed by atoms with Gasteiger partial charge in [-0.15, -0.1) is 0 Å². The van der Waals surface area contributed by atoms with Crippen molar-refractivity contribution in [1.82, 2.24) is 0 Å². The fraction of sp³-hybridized carbons (Fsp3) is 0.625. The van der Waals surface area contributed by atoms with Crippen LogP contribution in [0.2, 0.25) is 0 Å². The summed E-state index contributed by atoms with van der Waals surface area (Å²) < 4.78 is 19.2. The van der Waals surface area contributed by atoms with Gasteiger partial charge >= 0.3 is 0 Å². The molecule has 0 saturated carbocycles.